The Bertz CT molecular complexity index is 931. The van der Waals surface area contributed by atoms with Gasteiger partial charge < -0.3 is 20.3 Å². The highest BCUT2D eigenvalue weighted by atomic mass is 32.1. The molecule has 154 valence electrons. The lowest BCUT2D eigenvalue weighted by molar-refractivity contribution is -0.0891. The average Bonchev–Trinajstić information content (AvgIpc) is 3.01. The fraction of sp³-hybridized carbons (Fsp3) is 0.429. The third-order valence-electron chi connectivity index (χ3n) is 5.44. The molecule has 2 N–H and O–H groups in total. The number of rotatable bonds is 5. The van der Waals surface area contributed by atoms with Crippen molar-refractivity contribution in [3.05, 3.63) is 41.0 Å². The van der Waals surface area contributed by atoms with Crippen molar-refractivity contribution in [1.82, 2.24) is 9.80 Å². The van der Waals surface area contributed by atoms with Gasteiger partial charge in [-0.3, -0.25) is 4.79 Å². The van der Waals surface area contributed by atoms with Crippen LogP contribution in [0.3, 0.4) is 0 Å². The van der Waals surface area contributed by atoms with E-state index in [1.54, 1.807) is 28.0 Å². The van der Waals surface area contributed by atoms with E-state index in [0.717, 1.165) is 17.7 Å². The summed E-state index contributed by atoms with van der Waals surface area (Å²) in [5.74, 6) is -0.431. The number of unbranched alkanes of at least 4 members (excludes halogenated alkanes) is 1. The molecule has 0 bridgehead atoms. The molecule has 4 rings (SSSR count). The van der Waals surface area contributed by atoms with Gasteiger partial charge in [-0.1, -0.05) is 25.5 Å². The SMILES string of the molecule is CCCCOC(=O)N1CC2(C1)CN(C(=O)c1sc(-c3cccc(F)c3)cc1N)C2. The predicted molar refractivity (Wildman–Crippen MR) is 110 cm³/mol. The van der Waals surface area contributed by atoms with Gasteiger partial charge in [-0.15, -0.1) is 11.3 Å². The first-order chi connectivity index (χ1) is 13.9. The molecule has 29 heavy (non-hydrogen) atoms. The molecule has 2 aromatic rings. The Morgan fingerprint density at radius 1 is 1.21 bits per heavy atom. The van der Waals surface area contributed by atoms with Gasteiger partial charge in [0.25, 0.3) is 5.91 Å². The van der Waals surface area contributed by atoms with Gasteiger partial charge >= 0.3 is 6.09 Å². The summed E-state index contributed by atoms with van der Waals surface area (Å²) in [5.41, 5.74) is 7.17. The Morgan fingerprint density at radius 2 is 1.93 bits per heavy atom. The minimum atomic E-state index is -0.324. The number of hydrogen-bond donors (Lipinski definition) is 1. The van der Waals surface area contributed by atoms with Crippen molar-refractivity contribution in [2.45, 2.75) is 19.8 Å². The van der Waals surface area contributed by atoms with Crippen LogP contribution < -0.4 is 5.73 Å². The number of ether oxygens (including phenoxy) is 1. The summed E-state index contributed by atoms with van der Waals surface area (Å²) in [5, 5.41) is 0. The molecule has 0 aliphatic carbocycles. The zero-order chi connectivity index (χ0) is 20.6. The summed E-state index contributed by atoms with van der Waals surface area (Å²) < 4.78 is 18.7. The Hall–Kier alpha value is -2.61. The topological polar surface area (TPSA) is 75.9 Å². The van der Waals surface area contributed by atoms with E-state index in [1.807, 2.05) is 6.92 Å². The van der Waals surface area contributed by atoms with Crippen LogP contribution in [0.2, 0.25) is 0 Å². The van der Waals surface area contributed by atoms with Crippen molar-refractivity contribution in [3.8, 4) is 10.4 Å². The van der Waals surface area contributed by atoms with E-state index < -0.39 is 0 Å². The molecule has 0 atom stereocenters. The van der Waals surface area contributed by atoms with Crippen LogP contribution in [-0.4, -0.2) is 54.6 Å². The lowest BCUT2D eigenvalue weighted by atomic mass is 9.73. The number of hydrogen-bond acceptors (Lipinski definition) is 5. The number of nitrogens with zero attached hydrogens (tertiary/aromatic N) is 2. The van der Waals surface area contributed by atoms with E-state index in [1.165, 1.54) is 23.5 Å². The number of halogens is 1. The van der Waals surface area contributed by atoms with Gasteiger partial charge in [0.05, 0.1) is 12.3 Å². The zero-order valence-corrected chi connectivity index (χ0v) is 17.1. The summed E-state index contributed by atoms with van der Waals surface area (Å²) in [7, 11) is 0. The first-order valence-electron chi connectivity index (χ1n) is 9.77. The number of benzene rings is 1. The van der Waals surface area contributed by atoms with Crippen LogP contribution in [0.4, 0.5) is 14.9 Å². The summed E-state index contributed by atoms with van der Waals surface area (Å²) >= 11 is 1.28. The third-order valence-corrected chi connectivity index (χ3v) is 6.63. The Morgan fingerprint density at radius 3 is 2.62 bits per heavy atom. The van der Waals surface area contributed by atoms with Crippen LogP contribution in [-0.2, 0) is 4.74 Å². The molecule has 2 amide bonds. The lowest BCUT2D eigenvalue weighted by Gasteiger charge is -2.59. The minimum Gasteiger partial charge on any atom is -0.449 e. The molecule has 6 nitrogen and oxygen atoms in total. The maximum atomic E-state index is 13.5. The molecule has 2 aliphatic heterocycles. The first-order valence-corrected chi connectivity index (χ1v) is 10.6. The number of nitrogens with two attached hydrogens (primary N) is 1. The predicted octanol–water partition coefficient (Wildman–Crippen LogP) is 3.83. The molecule has 1 aromatic carbocycles. The summed E-state index contributed by atoms with van der Waals surface area (Å²) in [4.78, 5) is 29.5. The van der Waals surface area contributed by atoms with Crippen molar-refractivity contribution in [3.63, 3.8) is 0 Å². The molecule has 1 spiro atoms. The lowest BCUT2D eigenvalue weighted by Crippen LogP contribution is -2.73. The van der Waals surface area contributed by atoms with Crippen molar-refractivity contribution >= 4 is 29.0 Å². The molecule has 8 heteroatoms. The molecule has 2 fully saturated rings. The monoisotopic (exact) mass is 417 g/mol. The maximum Gasteiger partial charge on any atom is 0.409 e. The second-order valence-corrected chi connectivity index (χ2v) is 8.94. The molecule has 0 unspecified atom stereocenters. The van der Waals surface area contributed by atoms with Crippen LogP contribution in [0.5, 0.6) is 0 Å². The molecule has 1 aromatic heterocycles. The average molecular weight is 418 g/mol. The number of carbonyl (C=O) groups excluding carboxylic acids is 2. The van der Waals surface area contributed by atoms with Gasteiger partial charge in [0.15, 0.2) is 0 Å². The second-order valence-electron chi connectivity index (χ2n) is 7.89. The van der Waals surface area contributed by atoms with Gasteiger partial charge in [0, 0.05) is 36.5 Å². The molecular formula is C21H24FN3O3S. The van der Waals surface area contributed by atoms with Gasteiger partial charge in [-0.2, -0.15) is 0 Å². The van der Waals surface area contributed by atoms with Crippen molar-refractivity contribution in [2.24, 2.45) is 5.41 Å². The summed E-state index contributed by atoms with van der Waals surface area (Å²) in [6, 6.07) is 7.97. The molecule has 0 saturated carbocycles. The van der Waals surface area contributed by atoms with Gasteiger partial charge in [-0.05, 0) is 30.2 Å². The van der Waals surface area contributed by atoms with Gasteiger partial charge in [0.2, 0.25) is 0 Å². The summed E-state index contributed by atoms with van der Waals surface area (Å²) in [6.45, 7) is 4.96. The van der Waals surface area contributed by atoms with Crippen molar-refractivity contribution in [1.29, 1.82) is 0 Å². The molecule has 0 radical (unpaired) electrons. The van der Waals surface area contributed by atoms with E-state index >= 15 is 0 Å². The smallest absolute Gasteiger partial charge is 0.409 e. The number of nitrogen functional groups attached to an aromatic ring is 1. The summed E-state index contributed by atoms with van der Waals surface area (Å²) in [6.07, 6.45) is 1.59. The van der Waals surface area contributed by atoms with Crippen LogP contribution in [0.15, 0.2) is 30.3 Å². The fourth-order valence-electron chi connectivity index (χ4n) is 3.89. The largest absolute Gasteiger partial charge is 0.449 e. The van der Waals surface area contributed by atoms with E-state index in [9.17, 15) is 14.0 Å². The Labute approximate surface area is 173 Å². The van der Waals surface area contributed by atoms with Crippen LogP contribution >= 0.6 is 11.3 Å². The van der Waals surface area contributed by atoms with E-state index in [2.05, 4.69) is 0 Å². The number of thiophene rings is 1. The van der Waals surface area contributed by atoms with Gasteiger partial charge in [-0.25, -0.2) is 9.18 Å². The van der Waals surface area contributed by atoms with Crippen molar-refractivity contribution < 1.29 is 18.7 Å². The van der Waals surface area contributed by atoms with Crippen LogP contribution in [0, 0.1) is 11.2 Å². The highest BCUT2D eigenvalue weighted by molar-refractivity contribution is 7.18. The third kappa shape index (κ3) is 3.81. The van der Waals surface area contributed by atoms with Crippen molar-refractivity contribution in [2.75, 3.05) is 38.5 Å². The minimum absolute atomic E-state index is 0.0170. The quantitative estimate of drug-likeness (QED) is 0.750. The Kier molecular flexibility index (Phi) is 5.21. The normalized spacial score (nSPS) is 17.0. The molecule has 2 aliphatic rings. The molecule has 2 saturated heterocycles. The highest BCUT2D eigenvalue weighted by Crippen LogP contribution is 2.42. The Balaban J connectivity index is 1.33. The molecule has 3 heterocycles. The van der Waals surface area contributed by atoms with Gasteiger partial charge in [0.1, 0.15) is 10.7 Å². The number of anilines is 1. The number of likely N-dealkylation sites (tertiary alicyclic amines) is 2. The van der Waals surface area contributed by atoms with E-state index in [0.29, 0.717) is 48.9 Å². The number of amides is 2. The van der Waals surface area contributed by atoms with E-state index in [4.69, 9.17) is 10.5 Å². The fourth-order valence-corrected chi connectivity index (χ4v) is 4.94. The first kappa shape index (κ1) is 19.7. The zero-order valence-electron chi connectivity index (χ0n) is 16.3. The maximum absolute atomic E-state index is 13.5. The number of carbonyl (C=O) groups is 2. The van der Waals surface area contributed by atoms with Crippen LogP contribution in [0.1, 0.15) is 29.4 Å². The standard InChI is InChI=1S/C21H24FN3O3S/c1-2-3-7-28-20(27)25-12-21(13-25)10-24(11-21)19(26)18-16(23)9-17(29-18)14-5-4-6-15(22)8-14/h4-6,8-9H,2-3,7,10-13,23H2,1H3. The van der Waals surface area contributed by atoms with Crippen LogP contribution in [0.25, 0.3) is 10.4 Å². The highest BCUT2D eigenvalue weighted by Gasteiger charge is 2.55. The van der Waals surface area contributed by atoms with E-state index in [-0.39, 0.29) is 23.2 Å². The second kappa shape index (κ2) is 7.67. The molecular weight excluding hydrogens is 393 g/mol.